The van der Waals surface area contributed by atoms with Gasteiger partial charge in [0.1, 0.15) is 5.76 Å². The molecule has 8 nitrogen and oxygen atoms in total. The average molecular weight is 560 g/mol. The fraction of sp³-hybridized carbons (Fsp3) is 0.280. The number of nitrogens with one attached hydrogen (secondary N) is 2. The van der Waals surface area contributed by atoms with Gasteiger partial charge in [0.2, 0.25) is 15.9 Å². The third-order valence-corrected chi connectivity index (χ3v) is 8.23. The van der Waals surface area contributed by atoms with Crippen LogP contribution in [-0.4, -0.2) is 37.6 Å². The van der Waals surface area contributed by atoms with E-state index >= 15 is 0 Å². The van der Waals surface area contributed by atoms with Crippen molar-refractivity contribution in [1.82, 2.24) is 9.62 Å². The molecule has 0 saturated carbocycles. The highest BCUT2D eigenvalue weighted by Gasteiger charge is 2.31. The van der Waals surface area contributed by atoms with Crippen molar-refractivity contribution in [3.63, 3.8) is 0 Å². The first-order chi connectivity index (χ1) is 16.8. The molecule has 184 valence electrons. The molecule has 2 aromatic carbocycles. The van der Waals surface area contributed by atoms with E-state index in [9.17, 15) is 18.0 Å². The van der Waals surface area contributed by atoms with Crippen LogP contribution in [0.15, 0.2) is 75.8 Å². The summed E-state index contributed by atoms with van der Waals surface area (Å²) in [7, 11) is -3.48. The number of nitrogens with zero attached hydrogens (tertiary/aromatic N) is 1. The molecule has 10 heteroatoms. The van der Waals surface area contributed by atoms with Crippen molar-refractivity contribution in [2.75, 3.05) is 18.4 Å². The minimum Gasteiger partial charge on any atom is -0.467 e. The van der Waals surface area contributed by atoms with Crippen LogP contribution in [0.5, 0.6) is 0 Å². The molecule has 0 bridgehead atoms. The molecule has 0 atom stereocenters. The summed E-state index contributed by atoms with van der Waals surface area (Å²) >= 11 is 3.37. The zero-order valence-corrected chi connectivity index (χ0v) is 21.3. The number of furan rings is 1. The van der Waals surface area contributed by atoms with Crippen molar-refractivity contribution in [2.24, 2.45) is 5.92 Å². The van der Waals surface area contributed by atoms with E-state index in [0.717, 1.165) is 4.47 Å². The molecule has 0 spiro atoms. The van der Waals surface area contributed by atoms with Crippen LogP contribution in [0.25, 0.3) is 0 Å². The molecule has 0 aliphatic carbocycles. The molecule has 1 fully saturated rings. The zero-order valence-electron chi connectivity index (χ0n) is 18.9. The monoisotopic (exact) mass is 559 g/mol. The van der Waals surface area contributed by atoms with Crippen molar-refractivity contribution in [1.29, 1.82) is 0 Å². The van der Waals surface area contributed by atoms with Gasteiger partial charge in [-0.2, -0.15) is 0 Å². The highest BCUT2D eigenvalue weighted by atomic mass is 79.9. The van der Waals surface area contributed by atoms with Crippen LogP contribution in [-0.2, 0) is 27.1 Å². The van der Waals surface area contributed by atoms with E-state index < -0.39 is 10.0 Å². The largest absolute Gasteiger partial charge is 0.467 e. The van der Waals surface area contributed by atoms with Crippen LogP contribution in [0.3, 0.4) is 0 Å². The summed E-state index contributed by atoms with van der Waals surface area (Å²) in [6, 6.07) is 17.5. The molecule has 2 heterocycles. The van der Waals surface area contributed by atoms with E-state index in [2.05, 4.69) is 26.6 Å². The number of para-hydroxylation sites is 1. The van der Waals surface area contributed by atoms with Gasteiger partial charge in [-0.25, -0.2) is 12.7 Å². The number of benzene rings is 2. The normalized spacial score (nSPS) is 15.0. The maximum Gasteiger partial charge on any atom is 0.253 e. The minimum atomic E-state index is -3.48. The Bertz CT molecular complexity index is 1290. The standard InChI is InChI=1S/C25H26BrN3O5S/c26-20-6-3-5-18(15-20)17-35(32,33)29-12-10-19(11-13-29)24(30)28-23-9-2-1-8-22(23)25(31)27-16-21-7-4-14-34-21/h1-9,14-15,19H,10-13,16-17H2,(H,27,31)(H,28,30). The Morgan fingerprint density at radius 3 is 2.51 bits per heavy atom. The third kappa shape index (κ3) is 6.59. The Hall–Kier alpha value is -2.95. The number of hydrogen-bond donors (Lipinski definition) is 2. The first-order valence-electron chi connectivity index (χ1n) is 11.2. The predicted molar refractivity (Wildman–Crippen MR) is 136 cm³/mol. The Morgan fingerprint density at radius 2 is 1.80 bits per heavy atom. The quantitative estimate of drug-likeness (QED) is 0.431. The third-order valence-electron chi connectivity index (χ3n) is 5.89. The summed E-state index contributed by atoms with van der Waals surface area (Å²) < 4.78 is 33.2. The van der Waals surface area contributed by atoms with Crippen LogP contribution < -0.4 is 10.6 Å². The highest BCUT2D eigenvalue weighted by Crippen LogP contribution is 2.25. The molecule has 2 amide bonds. The molecule has 0 unspecified atom stereocenters. The second-order valence-corrected chi connectivity index (χ2v) is 11.2. The molecule has 3 aromatic rings. The lowest BCUT2D eigenvalue weighted by Gasteiger charge is -2.30. The Balaban J connectivity index is 1.33. The van der Waals surface area contributed by atoms with Crippen molar-refractivity contribution in [2.45, 2.75) is 25.1 Å². The average Bonchev–Trinajstić information content (AvgIpc) is 3.36. The van der Waals surface area contributed by atoms with Gasteiger partial charge in [-0.05, 0) is 54.8 Å². The number of carbonyl (C=O) groups excluding carboxylic acids is 2. The van der Waals surface area contributed by atoms with Crippen molar-refractivity contribution < 1.29 is 22.4 Å². The maximum atomic E-state index is 12.9. The van der Waals surface area contributed by atoms with Crippen LogP contribution in [0.2, 0.25) is 0 Å². The zero-order chi connectivity index (χ0) is 24.8. The van der Waals surface area contributed by atoms with Gasteiger partial charge in [-0.15, -0.1) is 0 Å². The SMILES string of the molecule is O=C(NCc1ccco1)c1ccccc1NC(=O)C1CCN(S(=O)(=O)Cc2cccc(Br)c2)CC1. The summed E-state index contributed by atoms with van der Waals surface area (Å²) in [4.78, 5) is 25.6. The van der Waals surface area contributed by atoms with E-state index in [-0.39, 0.29) is 43.1 Å². The number of rotatable bonds is 8. The number of sulfonamides is 1. The summed E-state index contributed by atoms with van der Waals surface area (Å²) in [5.74, 6) is -0.344. The van der Waals surface area contributed by atoms with Crippen molar-refractivity contribution in [3.8, 4) is 0 Å². The molecule has 4 rings (SSSR count). The number of anilines is 1. The Kier molecular flexibility index (Phi) is 8.04. The van der Waals surface area contributed by atoms with E-state index in [1.165, 1.54) is 10.6 Å². The van der Waals surface area contributed by atoms with Crippen LogP contribution in [0, 0.1) is 5.92 Å². The number of carbonyl (C=O) groups is 2. The molecule has 0 radical (unpaired) electrons. The lowest BCUT2D eigenvalue weighted by Crippen LogP contribution is -2.42. The maximum absolute atomic E-state index is 12.9. The van der Waals surface area contributed by atoms with Crippen LogP contribution >= 0.6 is 15.9 Å². The first-order valence-corrected chi connectivity index (χ1v) is 13.6. The summed E-state index contributed by atoms with van der Waals surface area (Å²) in [5, 5.41) is 5.64. The smallest absolute Gasteiger partial charge is 0.253 e. The summed E-state index contributed by atoms with van der Waals surface area (Å²) in [5.41, 5.74) is 1.47. The van der Waals surface area contributed by atoms with E-state index in [0.29, 0.717) is 35.4 Å². The van der Waals surface area contributed by atoms with Gasteiger partial charge in [0.15, 0.2) is 0 Å². The van der Waals surface area contributed by atoms with Gasteiger partial charge in [0.05, 0.1) is 29.8 Å². The topological polar surface area (TPSA) is 109 Å². The molecule has 2 N–H and O–H groups in total. The second-order valence-electron chi connectivity index (χ2n) is 8.36. The minimum absolute atomic E-state index is 0.0796. The second kappa shape index (κ2) is 11.2. The van der Waals surface area contributed by atoms with E-state index in [4.69, 9.17) is 4.42 Å². The molecule has 1 aliphatic rings. The van der Waals surface area contributed by atoms with Gasteiger partial charge in [-0.1, -0.05) is 40.2 Å². The lowest BCUT2D eigenvalue weighted by atomic mass is 9.97. The first kappa shape index (κ1) is 25.2. The number of halogens is 1. The van der Waals surface area contributed by atoms with Gasteiger partial charge in [-0.3, -0.25) is 9.59 Å². The lowest BCUT2D eigenvalue weighted by molar-refractivity contribution is -0.120. The molecule has 1 saturated heterocycles. The van der Waals surface area contributed by atoms with E-state index in [1.807, 2.05) is 6.07 Å². The predicted octanol–water partition coefficient (Wildman–Crippen LogP) is 4.15. The molecular formula is C25H26BrN3O5S. The van der Waals surface area contributed by atoms with Gasteiger partial charge in [0.25, 0.3) is 5.91 Å². The number of piperidine rings is 1. The fourth-order valence-electron chi connectivity index (χ4n) is 4.03. The molecule has 1 aromatic heterocycles. The van der Waals surface area contributed by atoms with Crippen LogP contribution in [0.4, 0.5) is 5.69 Å². The van der Waals surface area contributed by atoms with Gasteiger partial charge < -0.3 is 15.1 Å². The summed E-state index contributed by atoms with van der Waals surface area (Å²) in [6.07, 6.45) is 2.36. The van der Waals surface area contributed by atoms with E-state index in [1.54, 1.807) is 54.6 Å². The summed E-state index contributed by atoms with van der Waals surface area (Å²) in [6.45, 7) is 0.792. The van der Waals surface area contributed by atoms with Crippen molar-refractivity contribution >= 4 is 43.5 Å². The number of amides is 2. The molecule has 35 heavy (non-hydrogen) atoms. The molecule has 1 aliphatic heterocycles. The van der Waals surface area contributed by atoms with Crippen molar-refractivity contribution in [3.05, 3.63) is 88.3 Å². The Morgan fingerprint density at radius 1 is 1.03 bits per heavy atom. The van der Waals surface area contributed by atoms with Gasteiger partial charge in [0, 0.05) is 23.5 Å². The number of hydrogen-bond acceptors (Lipinski definition) is 5. The Labute approximate surface area is 212 Å². The molecular weight excluding hydrogens is 534 g/mol. The van der Waals surface area contributed by atoms with Gasteiger partial charge >= 0.3 is 0 Å². The fourth-order valence-corrected chi connectivity index (χ4v) is 6.02. The van der Waals surface area contributed by atoms with Crippen LogP contribution in [0.1, 0.15) is 34.5 Å². The highest BCUT2D eigenvalue weighted by molar-refractivity contribution is 9.10.